The molecule has 26 heavy (non-hydrogen) atoms. The van der Waals surface area contributed by atoms with Gasteiger partial charge in [-0.05, 0) is 42.3 Å². The number of hydrogen-bond acceptors (Lipinski definition) is 5. The fourth-order valence-electron chi connectivity index (χ4n) is 3.31. The van der Waals surface area contributed by atoms with Crippen LogP contribution in [0.3, 0.4) is 0 Å². The molecule has 1 aromatic heterocycles. The van der Waals surface area contributed by atoms with Crippen LogP contribution in [0, 0.1) is 0 Å². The number of aldehydes is 1. The van der Waals surface area contributed by atoms with Gasteiger partial charge < -0.3 is 19.4 Å². The Labute approximate surface area is 151 Å². The van der Waals surface area contributed by atoms with Crippen molar-refractivity contribution < 1.29 is 14.3 Å². The summed E-state index contributed by atoms with van der Waals surface area (Å²) in [4.78, 5) is 20.9. The van der Waals surface area contributed by atoms with Crippen molar-refractivity contribution in [2.45, 2.75) is 25.6 Å². The highest BCUT2D eigenvalue weighted by atomic mass is 16.5. The van der Waals surface area contributed by atoms with Crippen LogP contribution in [0.25, 0.3) is 11.0 Å². The van der Waals surface area contributed by atoms with E-state index >= 15 is 0 Å². The van der Waals surface area contributed by atoms with E-state index in [2.05, 4.69) is 16.9 Å². The van der Waals surface area contributed by atoms with Crippen molar-refractivity contribution in [2.75, 3.05) is 18.1 Å². The fourth-order valence-corrected chi connectivity index (χ4v) is 3.31. The summed E-state index contributed by atoms with van der Waals surface area (Å²) in [5, 5.41) is 0. The Balaban J connectivity index is 1.64. The first-order chi connectivity index (χ1) is 12.8. The summed E-state index contributed by atoms with van der Waals surface area (Å²) in [6.07, 6.45) is 2.88. The highest BCUT2D eigenvalue weighted by molar-refractivity contribution is 5.80. The number of imidazole rings is 1. The molecule has 2 unspecified atom stereocenters. The van der Waals surface area contributed by atoms with E-state index < -0.39 is 6.23 Å². The van der Waals surface area contributed by atoms with E-state index in [1.807, 2.05) is 47.4 Å². The zero-order chi connectivity index (χ0) is 17.9. The summed E-state index contributed by atoms with van der Waals surface area (Å²) >= 11 is 0. The molecular weight excluding hydrogens is 330 g/mol. The largest absolute Gasteiger partial charge is 0.494 e. The van der Waals surface area contributed by atoms with Crippen LogP contribution in [0.2, 0.25) is 0 Å². The van der Waals surface area contributed by atoms with Gasteiger partial charge in [-0.3, -0.25) is 4.79 Å². The van der Waals surface area contributed by atoms with Crippen LogP contribution >= 0.6 is 0 Å². The normalized spacial score (nSPS) is 19.8. The Bertz CT molecular complexity index is 891. The van der Waals surface area contributed by atoms with Gasteiger partial charge in [0.05, 0.1) is 36.6 Å². The molecule has 1 saturated heterocycles. The van der Waals surface area contributed by atoms with Gasteiger partial charge in [-0.25, -0.2) is 4.98 Å². The van der Waals surface area contributed by atoms with Crippen molar-refractivity contribution in [3.05, 3.63) is 54.4 Å². The van der Waals surface area contributed by atoms with Gasteiger partial charge in [0.25, 0.3) is 0 Å². The minimum Gasteiger partial charge on any atom is -0.494 e. The van der Waals surface area contributed by atoms with Crippen molar-refractivity contribution in [2.24, 2.45) is 0 Å². The number of carbonyl (C=O) groups is 1. The van der Waals surface area contributed by atoms with Gasteiger partial charge >= 0.3 is 0 Å². The molecule has 6 heteroatoms. The molecule has 1 fully saturated rings. The SMILES string of the molecule is CCCOc1ccc(C2COC(C=O)N2c2ccc3nc[nH]c3c2)cc1. The minimum atomic E-state index is -0.601. The zero-order valence-electron chi connectivity index (χ0n) is 14.6. The predicted molar refractivity (Wildman–Crippen MR) is 99.3 cm³/mol. The third kappa shape index (κ3) is 3.04. The van der Waals surface area contributed by atoms with Gasteiger partial charge in [0.1, 0.15) is 5.75 Å². The van der Waals surface area contributed by atoms with E-state index in [0.717, 1.165) is 40.7 Å². The van der Waals surface area contributed by atoms with Gasteiger partial charge in [0.15, 0.2) is 12.5 Å². The molecule has 2 atom stereocenters. The molecule has 6 nitrogen and oxygen atoms in total. The Morgan fingerprint density at radius 1 is 1.31 bits per heavy atom. The number of benzene rings is 2. The number of aromatic amines is 1. The van der Waals surface area contributed by atoms with E-state index in [4.69, 9.17) is 9.47 Å². The van der Waals surface area contributed by atoms with Crippen molar-refractivity contribution in [1.29, 1.82) is 0 Å². The Kier molecular flexibility index (Phi) is 4.58. The molecule has 2 heterocycles. The first-order valence-corrected chi connectivity index (χ1v) is 8.81. The minimum absolute atomic E-state index is 0.0363. The number of nitrogens with zero attached hydrogens (tertiary/aromatic N) is 2. The van der Waals surface area contributed by atoms with Gasteiger partial charge in [-0.2, -0.15) is 0 Å². The average molecular weight is 351 g/mol. The van der Waals surface area contributed by atoms with E-state index in [1.54, 1.807) is 6.33 Å². The van der Waals surface area contributed by atoms with E-state index in [0.29, 0.717) is 13.2 Å². The topological polar surface area (TPSA) is 67.5 Å². The summed E-state index contributed by atoms with van der Waals surface area (Å²) < 4.78 is 11.4. The van der Waals surface area contributed by atoms with Crippen LogP contribution in [0.5, 0.6) is 5.75 Å². The summed E-state index contributed by atoms with van der Waals surface area (Å²) in [5.74, 6) is 0.854. The summed E-state index contributed by atoms with van der Waals surface area (Å²) in [6.45, 7) is 3.24. The highest BCUT2D eigenvalue weighted by Gasteiger charge is 2.35. The molecule has 0 radical (unpaired) electrons. The first kappa shape index (κ1) is 16.6. The maximum Gasteiger partial charge on any atom is 0.187 e. The molecule has 3 aromatic rings. The second kappa shape index (κ2) is 7.17. The van der Waals surface area contributed by atoms with Crippen molar-refractivity contribution in [3.63, 3.8) is 0 Å². The van der Waals surface area contributed by atoms with Crippen LogP contribution in [0.15, 0.2) is 48.8 Å². The summed E-state index contributed by atoms with van der Waals surface area (Å²) in [5.41, 5.74) is 3.84. The number of rotatable bonds is 6. The maximum atomic E-state index is 11.5. The molecule has 0 saturated carbocycles. The van der Waals surface area contributed by atoms with Gasteiger partial charge in [0.2, 0.25) is 0 Å². The smallest absolute Gasteiger partial charge is 0.187 e. The molecule has 4 rings (SSSR count). The number of carbonyl (C=O) groups excluding carboxylic acids is 1. The molecule has 0 spiro atoms. The number of H-pyrrole nitrogens is 1. The third-order valence-corrected chi connectivity index (χ3v) is 4.59. The van der Waals surface area contributed by atoms with E-state index in [1.165, 1.54) is 0 Å². The first-order valence-electron chi connectivity index (χ1n) is 8.81. The Morgan fingerprint density at radius 2 is 2.15 bits per heavy atom. The lowest BCUT2D eigenvalue weighted by Gasteiger charge is -2.28. The van der Waals surface area contributed by atoms with Crippen LogP contribution in [0.4, 0.5) is 5.69 Å². The standard InChI is InChI=1S/C20H21N3O3/c1-2-9-25-16-6-3-14(4-7-16)19-12-26-20(11-24)23(19)15-5-8-17-18(10-15)22-13-21-17/h3-8,10-11,13,19-20H,2,9,12H2,1H3,(H,21,22). The van der Waals surface area contributed by atoms with Gasteiger partial charge in [0, 0.05) is 5.69 Å². The number of ether oxygens (including phenoxy) is 2. The second-order valence-electron chi connectivity index (χ2n) is 6.30. The lowest BCUT2D eigenvalue weighted by molar-refractivity contribution is -0.115. The molecule has 0 amide bonds. The number of fused-ring (bicyclic) bond motifs is 1. The summed E-state index contributed by atoms with van der Waals surface area (Å²) in [7, 11) is 0. The van der Waals surface area contributed by atoms with Gasteiger partial charge in [-0.15, -0.1) is 0 Å². The van der Waals surface area contributed by atoms with Crippen LogP contribution in [0.1, 0.15) is 24.9 Å². The molecule has 0 bridgehead atoms. The van der Waals surface area contributed by atoms with Crippen molar-refractivity contribution in [3.8, 4) is 5.75 Å². The quantitative estimate of drug-likeness (QED) is 0.689. The monoisotopic (exact) mass is 351 g/mol. The molecule has 134 valence electrons. The molecule has 1 aliphatic heterocycles. The fraction of sp³-hybridized carbons (Fsp3) is 0.300. The molecule has 1 aliphatic rings. The predicted octanol–water partition coefficient (Wildman–Crippen LogP) is 3.45. The van der Waals surface area contributed by atoms with E-state index in [-0.39, 0.29) is 6.04 Å². The van der Waals surface area contributed by atoms with Crippen molar-refractivity contribution in [1.82, 2.24) is 9.97 Å². The lowest BCUT2D eigenvalue weighted by Crippen LogP contribution is -2.33. The molecule has 1 N–H and O–H groups in total. The average Bonchev–Trinajstić information content (AvgIpc) is 3.32. The van der Waals surface area contributed by atoms with Gasteiger partial charge in [-0.1, -0.05) is 19.1 Å². The molecular formula is C20H21N3O3. The molecule has 2 aromatic carbocycles. The number of nitrogens with one attached hydrogen (secondary N) is 1. The Morgan fingerprint density at radius 3 is 2.92 bits per heavy atom. The zero-order valence-corrected chi connectivity index (χ0v) is 14.6. The van der Waals surface area contributed by atoms with Crippen LogP contribution in [-0.2, 0) is 9.53 Å². The van der Waals surface area contributed by atoms with Crippen LogP contribution in [-0.4, -0.2) is 35.7 Å². The second-order valence-corrected chi connectivity index (χ2v) is 6.30. The number of aromatic nitrogens is 2. The van der Waals surface area contributed by atoms with Crippen molar-refractivity contribution >= 4 is 23.0 Å². The number of hydrogen-bond donors (Lipinski definition) is 1. The summed E-state index contributed by atoms with van der Waals surface area (Å²) in [6, 6.07) is 13.9. The van der Waals surface area contributed by atoms with Crippen LogP contribution < -0.4 is 9.64 Å². The third-order valence-electron chi connectivity index (χ3n) is 4.59. The Hall–Kier alpha value is -2.86. The maximum absolute atomic E-state index is 11.5. The molecule has 0 aliphatic carbocycles. The number of anilines is 1. The van der Waals surface area contributed by atoms with E-state index in [9.17, 15) is 4.79 Å². The lowest BCUT2D eigenvalue weighted by atomic mass is 10.1. The highest BCUT2D eigenvalue weighted by Crippen LogP contribution is 2.36.